The molecule has 0 amide bonds. The fourth-order valence-corrected chi connectivity index (χ4v) is 2.58. The Morgan fingerprint density at radius 1 is 1.25 bits per heavy atom. The minimum Gasteiger partial charge on any atom is -0.382 e. The molecule has 2 aromatic heterocycles. The van der Waals surface area contributed by atoms with Crippen molar-refractivity contribution in [1.29, 1.82) is 5.26 Å². The first-order valence-electron chi connectivity index (χ1n) is 6.15. The Hall–Kier alpha value is -2.52. The molecule has 0 radical (unpaired) electrons. The molecule has 0 aliphatic heterocycles. The van der Waals surface area contributed by atoms with E-state index < -0.39 is 0 Å². The quantitative estimate of drug-likeness (QED) is 0.795. The van der Waals surface area contributed by atoms with E-state index in [1.165, 1.54) is 0 Å². The van der Waals surface area contributed by atoms with Gasteiger partial charge in [0.05, 0.1) is 22.4 Å². The van der Waals surface area contributed by atoms with Gasteiger partial charge in [0.25, 0.3) is 0 Å². The van der Waals surface area contributed by atoms with Crippen LogP contribution in [0.5, 0.6) is 0 Å². The maximum atomic E-state index is 9.16. The number of thiazole rings is 1. The second kappa shape index (κ2) is 5.63. The predicted octanol–water partition coefficient (Wildman–Crippen LogP) is 2.61. The Morgan fingerprint density at radius 2 is 2.15 bits per heavy atom. The summed E-state index contributed by atoms with van der Waals surface area (Å²) in [6, 6.07) is 9.74. The molecule has 0 unspecified atom stereocenters. The van der Waals surface area contributed by atoms with E-state index in [-0.39, 0.29) is 0 Å². The van der Waals surface area contributed by atoms with Crippen LogP contribution in [0.3, 0.4) is 0 Å². The molecular formula is C14H11N5S. The summed E-state index contributed by atoms with van der Waals surface area (Å²) < 4.78 is 0. The molecule has 0 spiro atoms. The van der Waals surface area contributed by atoms with E-state index in [2.05, 4.69) is 26.6 Å². The average molecular weight is 281 g/mol. The molecule has 0 aliphatic rings. The molecule has 0 fully saturated rings. The van der Waals surface area contributed by atoms with Gasteiger partial charge in [-0.1, -0.05) is 18.2 Å². The van der Waals surface area contributed by atoms with Gasteiger partial charge in [0, 0.05) is 23.7 Å². The molecule has 0 saturated heterocycles. The number of hydrogen-bond acceptors (Lipinski definition) is 6. The van der Waals surface area contributed by atoms with Crippen molar-refractivity contribution in [3.05, 3.63) is 46.5 Å². The Kier molecular flexibility index (Phi) is 3.52. The standard InChI is InChI=1S/C14H11N5S/c15-7-13-14(16-6-5-10-8-20-9-17-10)11-3-1-2-4-12(11)18-19-13/h1-4,8-9H,5-6H2,(H,16,18). The van der Waals surface area contributed by atoms with Crippen LogP contribution >= 0.6 is 11.3 Å². The lowest BCUT2D eigenvalue weighted by molar-refractivity contribution is 0.969. The Bertz CT molecular complexity index is 761. The highest BCUT2D eigenvalue weighted by molar-refractivity contribution is 7.07. The normalized spacial score (nSPS) is 10.3. The Morgan fingerprint density at radius 3 is 2.95 bits per heavy atom. The molecule has 1 aromatic carbocycles. The van der Waals surface area contributed by atoms with Gasteiger partial charge in [0.2, 0.25) is 0 Å². The molecule has 0 aliphatic carbocycles. The molecule has 0 bridgehead atoms. The second-order valence-corrected chi connectivity index (χ2v) is 4.93. The summed E-state index contributed by atoms with van der Waals surface area (Å²) in [6.45, 7) is 0.702. The van der Waals surface area contributed by atoms with Gasteiger partial charge in [-0.3, -0.25) is 0 Å². The lowest BCUT2D eigenvalue weighted by Gasteiger charge is -2.09. The van der Waals surface area contributed by atoms with Crippen molar-refractivity contribution in [3.63, 3.8) is 0 Å². The zero-order valence-electron chi connectivity index (χ0n) is 10.6. The van der Waals surface area contributed by atoms with Crippen molar-refractivity contribution >= 4 is 27.9 Å². The molecular weight excluding hydrogens is 270 g/mol. The topological polar surface area (TPSA) is 74.5 Å². The molecule has 3 rings (SSSR count). The summed E-state index contributed by atoms with van der Waals surface area (Å²) in [6.07, 6.45) is 0.811. The highest BCUT2D eigenvalue weighted by Gasteiger charge is 2.09. The van der Waals surface area contributed by atoms with Crippen LogP contribution in [0.2, 0.25) is 0 Å². The van der Waals surface area contributed by atoms with Gasteiger partial charge in [0.15, 0.2) is 5.69 Å². The van der Waals surface area contributed by atoms with Crippen LogP contribution < -0.4 is 5.32 Å². The van der Waals surface area contributed by atoms with Gasteiger partial charge in [-0.15, -0.1) is 21.5 Å². The van der Waals surface area contributed by atoms with Crippen molar-refractivity contribution in [3.8, 4) is 6.07 Å². The highest BCUT2D eigenvalue weighted by Crippen LogP contribution is 2.23. The third-order valence-corrected chi connectivity index (χ3v) is 3.58. The fraction of sp³-hybridized carbons (Fsp3) is 0.143. The maximum Gasteiger partial charge on any atom is 0.186 e. The number of benzene rings is 1. The Labute approximate surface area is 119 Å². The molecule has 98 valence electrons. The average Bonchev–Trinajstić information content (AvgIpc) is 3.00. The maximum absolute atomic E-state index is 9.16. The lowest BCUT2D eigenvalue weighted by atomic mass is 10.1. The number of rotatable bonds is 4. The molecule has 0 saturated carbocycles. The number of aromatic nitrogens is 3. The van der Waals surface area contributed by atoms with E-state index in [0.29, 0.717) is 12.2 Å². The zero-order chi connectivity index (χ0) is 13.8. The first-order valence-corrected chi connectivity index (χ1v) is 7.09. The molecule has 3 aromatic rings. The minimum atomic E-state index is 0.321. The van der Waals surface area contributed by atoms with Crippen molar-refractivity contribution in [2.24, 2.45) is 0 Å². The number of nitrogens with zero attached hydrogens (tertiary/aromatic N) is 4. The van der Waals surface area contributed by atoms with Crippen molar-refractivity contribution in [2.75, 3.05) is 11.9 Å². The summed E-state index contributed by atoms with van der Waals surface area (Å²) in [4.78, 5) is 4.24. The van der Waals surface area contributed by atoms with Crippen LogP contribution in [0.25, 0.3) is 10.9 Å². The molecule has 20 heavy (non-hydrogen) atoms. The van der Waals surface area contributed by atoms with Crippen LogP contribution in [0.1, 0.15) is 11.4 Å². The first kappa shape index (κ1) is 12.5. The summed E-state index contributed by atoms with van der Waals surface area (Å²) in [5.74, 6) is 0. The fourth-order valence-electron chi connectivity index (χ4n) is 1.99. The Balaban J connectivity index is 1.87. The van der Waals surface area contributed by atoms with Gasteiger partial charge >= 0.3 is 0 Å². The van der Waals surface area contributed by atoms with E-state index in [1.807, 2.05) is 35.2 Å². The molecule has 5 nitrogen and oxygen atoms in total. The molecule has 2 heterocycles. The van der Waals surface area contributed by atoms with E-state index in [4.69, 9.17) is 5.26 Å². The number of hydrogen-bond donors (Lipinski definition) is 1. The largest absolute Gasteiger partial charge is 0.382 e. The highest BCUT2D eigenvalue weighted by atomic mass is 32.1. The van der Waals surface area contributed by atoms with Crippen LogP contribution in [0.15, 0.2) is 35.2 Å². The van der Waals surface area contributed by atoms with E-state index >= 15 is 0 Å². The first-order chi connectivity index (χ1) is 9.88. The predicted molar refractivity (Wildman–Crippen MR) is 78.6 cm³/mol. The van der Waals surface area contributed by atoms with Gasteiger partial charge in [-0.2, -0.15) is 5.26 Å². The third kappa shape index (κ3) is 2.44. The summed E-state index contributed by atoms with van der Waals surface area (Å²) in [7, 11) is 0. The summed E-state index contributed by atoms with van der Waals surface area (Å²) in [5.41, 5.74) is 4.71. The van der Waals surface area contributed by atoms with E-state index in [9.17, 15) is 0 Å². The molecule has 6 heteroatoms. The van der Waals surface area contributed by atoms with Gasteiger partial charge in [-0.05, 0) is 6.07 Å². The van der Waals surface area contributed by atoms with Crippen LogP contribution in [0, 0.1) is 11.3 Å². The van der Waals surface area contributed by atoms with Crippen molar-refractivity contribution in [1.82, 2.24) is 15.2 Å². The summed E-state index contributed by atoms with van der Waals surface area (Å²) in [5, 5.41) is 23.4. The number of fused-ring (bicyclic) bond motifs is 1. The summed E-state index contributed by atoms with van der Waals surface area (Å²) >= 11 is 1.58. The van der Waals surface area contributed by atoms with Crippen molar-refractivity contribution in [2.45, 2.75) is 6.42 Å². The minimum absolute atomic E-state index is 0.321. The van der Waals surface area contributed by atoms with Gasteiger partial charge in [-0.25, -0.2) is 4.98 Å². The van der Waals surface area contributed by atoms with Crippen LogP contribution in [-0.2, 0) is 6.42 Å². The van der Waals surface area contributed by atoms with Crippen molar-refractivity contribution < 1.29 is 0 Å². The smallest absolute Gasteiger partial charge is 0.186 e. The van der Waals surface area contributed by atoms with Crippen LogP contribution in [0.4, 0.5) is 5.69 Å². The molecule has 1 N–H and O–H groups in total. The van der Waals surface area contributed by atoms with E-state index in [0.717, 1.165) is 28.7 Å². The van der Waals surface area contributed by atoms with E-state index in [1.54, 1.807) is 11.3 Å². The second-order valence-electron chi connectivity index (χ2n) is 4.21. The van der Waals surface area contributed by atoms with Crippen LogP contribution in [-0.4, -0.2) is 21.7 Å². The molecule has 0 atom stereocenters. The number of nitrogens with one attached hydrogen (secondary N) is 1. The number of anilines is 1. The monoisotopic (exact) mass is 281 g/mol. The third-order valence-electron chi connectivity index (χ3n) is 2.94. The lowest BCUT2D eigenvalue weighted by Crippen LogP contribution is -2.08. The van der Waals surface area contributed by atoms with Gasteiger partial charge < -0.3 is 5.32 Å². The number of nitriles is 1. The SMILES string of the molecule is N#Cc1nnc2ccccc2c1NCCc1cscn1. The zero-order valence-corrected chi connectivity index (χ0v) is 11.4. The van der Waals surface area contributed by atoms with Gasteiger partial charge in [0.1, 0.15) is 6.07 Å².